The molecule has 0 saturated carbocycles. The number of carbonyl (C=O) groups excluding carboxylic acids is 1. The van der Waals surface area contributed by atoms with Gasteiger partial charge in [-0.05, 0) is 42.5 Å². The van der Waals surface area contributed by atoms with Crippen LogP contribution in [0.4, 0.5) is 0 Å². The van der Waals surface area contributed by atoms with Crippen LogP contribution in [0.5, 0.6) is 5.75 Å². The molecule has 0 bridgehead atoms. The van der Waals surface area contributed by atoms with Gasteiger partial charge in [-0.15, -0.1) is 0 Å². The zero-order valence-corrected chi connectivity index (χ0v) is 11.6. The second-order valence-corrected chi connectivity index (χ2v) is 4.55. The number of nitrogens with zero attached hydrogens (tertiary/aromatic N) is 2. The number of benzene rings is 2. The number of rotatable bonds is 4. The van der Waals surface area contributed by atoms with Gasteiger partial charge in [-0.1, -0.05) is 18.2 Å². The van der Waals surface area contributed by atoms with Crippen molar-refractivity contribution in [2.45, 2.75) is 0 Å². The van der Waals surface area contributed by atoms with Crippen LogP contribution in [0.25, 0.3) is 16.9 Å². The molecular weight excluding hydrogens is 264 g/mol. The molecule has 4 heteroatoms. The van der Waals surface area contributed by atoms with E-state index in [1.165, 1.54) is 0 Å². The van der Waals surface area contributed by atoms with Crippen LogP contribution in [0, 0.1) is 0 Å². The van der Waals surface area contributed by atoms with Gasteiger partial charge in [0.1, 0.15) is 11.4 Å². The van der Waals surface area contributed by atoms with Gasteiger partial charge in [0.15, 0.2) is 6.29 Å². The Bertz CT molecular complexity index is 746. The molecule has 104 valence electrons. The lowest BCUT2D eigenvalue weighted by Crippen LogP contribution is -2.00. The van der Waals surface area contributed by atoms with E-state index < -0.39 is 0 Å². The van der Waals surface area contributed by atoms with Gasteiger partial charge >= 0.3 is 0 Å². The highest BCUT2D eigenvalue weighted by molar-refractivity contribution is 5.77. The molecule has 0 spiro atoms. The summed E-state index contributed by atoms with van der Waals surface area (Å²) in [6, 6.07) is 19.0. The van der Waals surface area contributed by atoms with Gasteiger partial charge in [0.25, 0.3) is 0 Å². The van der Waals surface area contributed by atoms with E-state index in [0.29, 0.717) is 5.69 Å². The second-order valence-electron chi connectivity index (χ2n) is 4.55. The van der Waals surface area contributed by atoms with Gasteiger partial charge in [-0.25, -0.2) is 4.68 Å². The number of methoxy groups -OCH3 is 1. The fourth-order valence-electron chi connectivity index (χ4n) is 2.16. The van der Waals surface area contributed by atoms with Crippen LogP contribution in [0.3, 0.4) is 0 Å². The molecule has 0 fully saturated rings. The highest BCUT2D eigenvalue weighted by atomic mass is 16.5. The van der Waals surface area contributed by atoms with Crippen molar-refractivity contribution in [1.82, 2.24) is 9.78 Å². The highest BCUT2D eigenvalue weighted by Gasteiger charge is 2.10. The molecule has 0 atom stereocenters. The van der Waals surface area contributed by atoms with E-state index >= 15 is 0 Å². The molecule has 4 nitrogen and oxygen atoms in total. The van der Waals surface area contributed by atoms with Crippen molar-refractivity contribution in [2.24, 2.45) is 0 Å². The maximum absolute atomic E-state index is 11.3. The topological polar surface area (TPSA) is 44.1 Å². The smallest absolute Gasteiger partial charge is 0.168 e. The van der Waals surface area contributed by atoms with Gasteiger partial charge in [0.05, 0.1) is 18.5 Å². The summed E-state index contributed by atoms with van der Waals surface area (Å²) in [6.07, 6.45) is 0.813. The van der Waals surface area contributed by atoms with Crippen molar-refractivity contribution in [3.63, 3.8) is 0 Å². The zero-order chi connectivity index (χ0) is 14.7. The largest absolute Gasteiger partial charge is 0.497 e. The van der Waals surface area contributed by atoms with Crippen LogP contribution < -0.4 is 4.74 Å². The number of hydrogen-bond donors (Lipinski definition) is 0. The molecule has 0 radical (unpaired) electrons. The summed E-state index contributed by atoms with van der Waals surface area (Å²) in [6.45, 7) is 0. The summed E-state index contributed by atoms with van der Waals surface area (Å²) < 4.78 is 6.79. The van der Waals surface area contributed by atoms with E-state index in [2.05, 4.69) is 5.10 Å². The average molecular weight is 278 g/mol. The first-order valence-corrected chi connectivity index (χ1v) is 6.57. The van der Waals surface area contributed by atoms with Gasteiger partial charge in [0.2, 0.25) is 0 Å². The first-order chi connectivity index (χ1) is 10.3. The van der Waals surface area contributed by atoms with Crippen molar-refractivity contribution in [1.29, 1.82) is 0 Å². The third kappa shape index (κ3) is 2.56. The first-order valence-electron chi connectivity index (χ1n) is 6.57. The van der Waals surface area contributed by atoms with Crippen molar-refractivity contribution in [3.05, 3.63) is 66.4 Å². The van der Waals surface area contributed by atoms with Crippen molar-refractivity contribution in [3.8, 4) is 22.7 Å². The minimum Gasteiger partial charge on any atom is -0.497 e. The van der Waals surface area contributed by atoms with Crippen LogP contribution in [0.2, 0.25) is 0 Å². The lowest BCUT2D eigenvalue weighted by atomic mass is 10.1. The van der Waals surface area contributed by atoms with Gasteiger partial charge in [-0.2, -0.15) is 5.10 Å². The Hall–Kier alpha value is -2.88. The molecule has 0 N–H and O–H groups in total. The summed E-state index contributed by atoms with van der Waals surface area (Å²) in [5.74, 6) is 0.789. The van der Waals surface area contributed by atoms with Gasteiger partial charge < -0.3 is 4.74 Å². The summed E-state index contributed by atoms with van der Waals surface area (Å²) in [5.41, 5.74) is 3.07. The Morgan fingerprint density at radius 2 is 1.76 bits per heavy atom. The molecule has 0 aliphatic rings. The minimum atomic E-state index is 0.520. The van der Waals surface area contributed by atoms with E-state index in [1.807, 2.05) is 54.6 Å². The fraction of sp³-hybridized carbons (Fsp3) is 0.0588. The predicted octanol–water partition coefficient (Wildman–Crippen LogP) is 3.36. The van der Waals surface area contributed by atoms with E-state index in [1.54, 1.807) is 17.9 Å². The van der Waals surface area contributed by atoms with Crippen LogP contribution in [-0.2, 0) is 0 Å². The molecule has 0 aliphatic heterocycles. The minimum absolute atomic E-state index is 0.520. The Kier molecular flexibility index (Phi) is 3.51. The van der Waals surface area contributed by atoms with Gasteiger partial charge in [0, 0.05) is 5.56 Å². The Morgan fingerprint density at radius 1 is 1.05 bits per heavy atom. The lowest BCUT2D eigenvalue weighted by Gasteiger charge is -2.03. The number of para-hydroxylation sites is 1. The molecule has 3 rings (SSSR count). The normalized spacial score (nSPS) is 10.3. The molecule has 1 heterocycles. The molecule has 0 saturated heterocycles. The molecule has 0 amide bonds. The Morgan fingerprint density at radius 3 is 2.38 bits per heavy atom. The molecular formula is C17H14N2O2. The molecule has 1 aromatic heterocycles. The molecule has 3 aromatic rings. The number of aldehydes is 1. The molecule has 2 aromatic carbocycles. The van der Waals surface area contributed by atoms with Crippen molar-refractivity contribution >= 4 is 6.29 Å². The molecule has 0 unspecified atom stereocenters. The van der Waals surface area contributed by atoms with Crippen molar-refractivity contribution in [2.75, 3.05) is 7.11 Å². The van der Waals surface area contributed by atoms with Crippen LogP contribution >= 0.6 is 0 Å². The third-order valence-electron chi connectivity index (χ3n) is 3.24. The fourth-order valence-corrected chi connectivity index (χ4v) is 2.16. The van der Waals surface area contributed by atoms with Crippen LogP contribution in [-0.4, -0.2) is 23.2 Å². The third-order valence-corrected chi connectivity index (χ3v) is 3.24. The quantitative estimate of drug-likeness (QED) is 0.687. The maximum Gasteiger partial charge on any atom is 0.168 e. The summed E-state index contributed by atoms with van der Waals surface area (Å²) in [4.78, 5) is 11.3. The predicted molar refractivity (Wildman–Crippen MR) is 80.9 cm³/mol. The van der Waals surface area contributed by atoms with Crippen LogP contribution in [0.15, 0.2) is 60.7 Å². The van der Waals surface area contributed by atoms with Gasteiger partial charge in [-0.3, -0.25) is 4.79 Å². The van der Waals surface area contributed by atoms with Crippen molar-refractivity contribution < 1.29 is 9.53 Å². The van der Waals surface area contributed by atoms with E-state index in [4.69, 9.17) is 4.74 Å². The Balaban J connectivity index is 2.04. The second kappa shape index (κ2) is 5.63. The van der Waals surface area contributed by atoms with Crippen LogP contribution in [0.1, 0.15) is 10.5 Å². The highest BCUT2D eigenvalue weighted by Crippen LogP contribution is 2.23. The first kappa shape index (κ1) is 13.1. The maximum atomic E-state index is 11.3. The average Bonchev–Trinajstić information content (AvgIpc) is 3.00. The van der Waals surface area contributed by atoms with E-state index in [-0.39, 0.29) is 0 Å². The number of ether oxygens (including phenoxy) is 1. The lowest BCUT2D eigenvalue weighted by molar-refractivity contribution is 0.111. The van der Waals surface area contributed by atoms with E-state index in [0.717, 1.165) is 29.0 Å². The molecule has 21 heavy (non-hydrogen) atoms. The number of hydrogen-bond acceptors (Lipinski definition) is 3. The van der Waals surface area contributed by atoms with E-state index in [9.17, 15) is 4.79 Å². The summed E-state index contributed by atoms with van der Waals surface area (Å²) in [5, 5.41) is 4.52. The SMILES string of the molecule is COc1ccc(-c2cc(C=O)n(-c3ccccc3)n2)cc1. The molecule has 0 aliphatic carbocycles. The number of aromatic nitrogens is 2. The monoisotopic (exact) mass is 278 g/mol. The standard InChI is InChI=1S/C17H14N2O2/c1-21-16-9-7-13(8-10-16)17-11-15(12-20)19(18-17)14-5-3-2-4-6-14/h2-12H,1H3. The Labute approximate surface area is 122 Å². The summed E-state index contributed by atoms with van der Waals surface area (Å²) >= 11 is 0. The number of carbonyl (C=O) groups is 1. The summed E-state index contributed by atoms with van der Waals surface area (Å²) in [7, 11) is 1.63. The zero-order valence-electron chi connectivity index (χ0n) is 11.6.